The van der Waals surface area contributed by atoms with Crippen molar-refractivity contribution in [1.82, 2.24) is 19.9 Å². The van der Waals surface area contributed by atoms with Gasteiger partial charge in [-0.1, -0.05) is 0 Å². The minimum atomic E-state index is -0.159. The summed E-state index contributed by atoms with van der Waals surface area (Å²) in [5.74, 6) is 1.82. The summed E-state index contributed by atoms with van der Waals surface area (Å²) >= 11 is 0. The maximum Gasteiger partial charge on any atom is 0.229 e. The molecule has 4 rings (SSSR count). The van der Waals surface area contributed by atoms with Gasteiger partial charge in [0.1, 0.15) is 23.3 Å². The largest absolute Gasteiger partial charge is 0.497 e. The summed E-state index contributed by atoms with van der Waals surface area (Å²) in [6, 6.07) is 5.33. The molecule has 9 heteroatoms. The zero-order chi connectivity index (χ0) is 19.5. The number of anilines is 2. The summed E-state index contributed by atoms with van der Waals surface area (Å²) in [6.07, 6.45) is 4.83. The first-order valence-electron chi connectivity index (χ1n) is 9.11. The van der Waals surface area contributed by atoms with Crippen LogP contribution < -0.4 is 19.7 Å². The van der Waals surface area contributed by atoms with Crippen molar-refractivity contribution < 1.29 is 14.3 Å². The number of hydrogen-bond acceptors (Lipinski definition) is 7. The molecule has 0 unspecified atom stereocenters. The van der Waals surface area contributed by atoms with Crippen molar-refractivity contribution >= 4 is 28.6 Å². The van der Waals surface area contributed by atoms with E-state index in [0.29, 0.717) is 29.4 Å². The molecule has 1 fully saturated rings. The van der Waals surface area contributed by atoms with Crippen molar-refractivity contribution in [2.45, 2.75) is 12.8 Å². The summed E-state index contributed by atoms with van der Waals surface area (Å²) in [6.45, 7) is 1.41. The number of aromatic amines is 1. The Kier molecular flexibility index (Phi) is 4.96. The maximum absolute atomic E-state index is 12.9. The van der Waals surface area contributed by atoms with E-state index in [0.717, 1.165) is 30.7 Å². The van der Waals surface area contributed by atoms with Crippen LogP contribution in [-0.2, 0) is 4.79 Å². The van der Waals surface area contributed by atoms with E-state index in [1.807, 2.05) is 0 Å². The lowest BCUT2D eigenvalue weighted by Gasteiger charge is -2.33. The lowest BCUT2D eigenvalue weighted by molar-refractivity contribution is -0.120. The van der Waals surface area contributed by atoms with Gasteiger partial charge in [0.2, 0.25) is 5.91 Å². The Bertz CT molecular complexity index is 989. The molecule has 0 bridgehead atoms. The van der Waals surface area contributed by atoms with Crippen LogP contribution >= 0.6 is 0 Å². The Hall–Kier alpha value is -3.36. The molecule has 2 aromatic heterocycles. The number of nitrogens with one attached hydrogen (secondary N) is 2. The predicted octanol–water partition coefficient (Wildman–Crippen LogP) is 2.23. The molecule has 1 aromatic carbocycles. The zero-order valence-electron chi connectivity index (χ0n) is 15.8. The molecule has 9 nitrogen and oxygen atoms in total. The van der Waals surface area contributed by atoms with Crippen LogP contribution in [0.3, 0.4) is 0 Å². The van der Waals surface area contributed by atoms with Crippen LogP contribution in [0, 0.1) is 5.92 Å². The van der Waals surface area contributed by atoms with E-state index >= 15 is 0 Å². The van der Waals surface area contributed by atoms with Crippen LogP contribution in [-0.4, -0.2) is 53.2 Å². The van der Waals surface area contributed by atoms with Crippen molar-refractivity contribution in [2.75, 3.05) is 37.5 Å². The number of carbonyl (C=O) groups is 1. The van der Waals surface area contributed by atoms with E-state index in [9.17, 15) is 4.79 Å². The number of H-pyrrole nitrogens is 1. The normalized spacial score (nSPS) is 16.8. The van der Waals surface area contributed by atoms with Crippen LogP contribution in [0.1, 0.15) is 12.8 Å². The molecule has 0 spiro atoms. The van der Waals surface area contributed by atoms with E-state index in [4.69, 9.17) is 9.47 Å². The molecular formula is C19H22N6O3. The van der Waals surface area contributed by atoms with E-state index < -0.39 is 0 Å². The van der Waals surface area contributed by atoms with Gasteiger partial charge >= 0.3 is 0 Å². The summed E-state index contributed by atoms with van der Waals surface area (Å²) in [7, 11) is 3.16. The van der Waals surface area contributed by atoms with Crippen molar-refractivity contribution in [2.24, 2.45) is 5.92 Å². The minimum Gasteiger partial charge on any atom is -0.497 e. The van der Waals surface area contributed by atoms with Gasteiger partial charge in [-0.3, -0.25) is 4.79 Å². The molecule has 3 heterocycles. The number of hydrogen-bond donors (Lipinski definition) is 2. The highest BCUT2D eigenvalue weighted by Crippen LogP contribution is 2.31. The highest BCUT2D eigenvalue weighted by atomic mass is 16.5. The predicted molar refractivity (Wildman–Crippen MR) is 105 cm³/mol. The fourth-order valence-corrected chi connectivity index (χ4v) is 3.51. The Morgan fingerprint density at radius 1 is 1.25 bits per heavy atom. The fourth-order valence-electron chi connectivity index (χ4n) is 3.51. The number of carbonyl (C=O) groups excluding carboxylic acids is 1. The molecule has 0 aliphatic carbocycles. The SMILES string of the molecule is COc1ccc(NC(=O)[C@H]2CCCN(c3ncnc4nc[nH]c34)C2)c(OC)c1. The van der Waals surface area contributed by atoms with E-state index in [-0.39, 0.29) is 11.8 Å². The molecule has 0 radical (unpaired) electrons. The Morgan fingerprint density at radius 3 is 2.96 bits per heavy atom. The van der Waals surface area contributed by atoms with Gasteiger partial charge in [0, 0.05) is 19.2 Å². The van der Waals surface area contributed by atoms with Crippen molar-refractivity contribution in [1.29, 1.82) is 0 Å². The first kappa shape index (κ1) is 18.0. The number of piperidine rings is 1. The van der Waals surface area contributed by atoms with E-state index in [2.05, 4.69) is 30.2 Å². The highest BCUT2D eigenvalue weighted by molar-refractivity contribution is 5.95. The molecular weight excluding hydrogens is 360 g/mol. The van der Waals surface area contributed by atoms with E-state index in [1.165, 1.54) is 6.33 Å². The number of ether oxygens (including phenoxy) is 2. The summed E-state index contributed by atoms with van der Waals surface area (Å²) < 4.78 is 10.6. The summed E-state index contributed by atoms with van der Waals surface area (Å²) in [5, 5.41) is 2.99. The van der Waals surface area contributed by atoms with Crippen molar-refractivity contribution in [3.05, 3.63) is 30.9 Å². The number of nitrogens with zero attached hydrogens (tertiary/aromatic N) is 4. The lowest BCUT2D eigenvalue weighted by Crippen LogP contribution is -2.41. The van der Waals surface area contributed by atoms with Crippen LogP contribution in [0.4, 0.5) is 11.5 Å². The van der Waals surface area contributed by atoms with Gasteiger partial charge in [0.25, 0.3) is 0 Å². The molecule has 1 atom stereocenters. The first-order valence-corrected chi connectivity index (χ1v) is 9.11. The molecule has 28 heavy (non-hydrogen) atoms. The van der Waals surface area contributed by atoms with Crippen LogP contribution in [0.5, 0.6) is 11.5 Å². The molecule has 0 saturated carbocycles. The van der Waals surface area contributed by atoms with Crippen LogP contribution in [0.15, 0.2) is 30.9 Å². The smallest absolute Gasteiger partial charge is 0.229 e. The molecule has 1 aliphatic heterocycles. The lowest BCUT2D eigenvalue weighted by atomic mass is 9.97. The van der Waals surface area contributed by atoms with Gasteiger partial charge in [-0.15, -0.1) is 0 Å². The van der Waals surface area contributed by atoms with Gasteiger partial charge in [-0.2, -0.15) is 0 Å². The molecule has 1 saturated heterocycles. The van der Waals surface area contributed by atoms with Crippen molar-refractivity contribution in [3.8, 4) is 11.5 Å². The molecule has 3 aromatic rings. The second kappa shape index (κ2) is 7.71. The maximum atomic E-state index is 12.9. The van der Waals surface area contributed by atoms with E-state index in [1.54, 1.807) is 38.7 Å². The summed E-state index contributed by atoms with van der Waals surface area (Å²) in [5.41, 5.74) is 2.04. The quantitative estimate of drug-likeness (QED) is 0.697. The molecule has 1 aliphatic rings. The summed E-state index contributed by atoms with van der Waals surface area (Å²) in [4.78, 5) is 30.8. The third kappa shape index (κ3) is 3.42. The number of aromatic nitrogens is 4. The van der Waals surface area contributed by atoms with Gasteiger partial charge in [-0.25, -0.2) is 15.0 Å². The van der Waals surface area contributed by atoms with Crippen molar-refractivity contribution in [3.63, 3.8) is 0 Å². The van der Waals surface area contributed by atoms with Crippen LogP contribution in [0.2, 0.25) is 0 Å². The van der Waals surface area contributed by atoms with Gasteiger partial charge < -0.3 is 24.7 Å². The monoisotopic (exact) mass is 382 g/mol. The minimum absolute atomic E-state index is 0.0388. The Balaban J connectivity index is 1.50. The standard InChI is InChI=1S/C19H22N6O3/c1-27-13-5-6-14(15(8-13)28-2)24-19(26)12-4-3-7-25(9-12)18-16-17(21-10-20-16)22-11-23-18/h5-6,8,10-12H,3-4,7,9H2,1-2H3,(H,24,26)(H,20,21,22,23)/t12-/m0/s1. The Morgan fingerprint density at radius 2 is 2.14 bits per heavy atom. The average Bonchev–Trinajstić information content (AvgIpc) is 3.23. The number of fused-ring (bicyclic) bond motifs is 1. The zero-order valence-corrected chi connectivity index (χ0v) is 15.8. The van der Waals surface area contributed by atoms with Crippen LogP contribution in [0.25, 0.3) is 11.2 Å². The fraction of sp³-hybridized carbons (Fsp3) is 0.368. The second-order valence-electron chi connectivity index (χ2n) is 6.64. The van der Waals surface area contributed by atoms with Gasteiger partial charge in [0.15, 0.2) is 11.5 Å². The number of amides is 1. The number of imidazole rings is 1. The third-order valence-corrected chi connectivity index (χ3v) is 4.96. The first-order chi connectivity index (χ1) is 13.7. The molecule has 2 N–H and O–H groups in total. The van der Waals surface area contributed by atoms with Gasteiger partial charge in [0.05, 0.1) is 32.2 Å². The Labute approximate surface area is 162 Å². The number of methoxy groups -OCH3 is 2. The van der Waals surface area contributed by atoms with Gasteiger partial charge in [-0.05, 0) is 25.0 Å². The third-order valence-electron chi connectivity index (χ3n) is 4.96. The highest BCUT2D eigenvalue weighted by Gasteiger charge is 2.28. The average molecular weight is 382 g/mol. The molecule has 146 valence electrons. The molecule has 1 amide bonds. The topological polar surface area (TPSA) is 105 Å². The number of benzene rings is 1. The second-order valence-corrected chi connectivity index (χ2v) is 6.64. The number of rotatable bonds is 5.